The second-order valence-electron chi connectivity index (χ2n) is 5.50. The molecule has 1 aliphatic rings. The summed E-state index contributed by atoms with van der Waals surface area (Å²) in [6, 6.07) is 6.97. The lowest BCUT2D eigenvalue weighted by molar-refractivity contribution is 0.236. The number of aromatic nitrogens is 2. The van der Waals surface area contributed by atoms with E-state index in [1.165, 1.54) is 35.0 Å². The molecule has 1 saturated heterocycles. The molecule has 1 unspecified atom stereocenters. The van der Waals surface area contributed by atoms with Crippen LogP contribution in [-0.4, -0.2) is 33.6 Å². The molecule has 1 fully saturated rings. The molecule has 0 spiro atoms. The molecule has 20 heavy (non-hydrogen) atoms. The summed E-state index contributed by atoms with van der Waals surface area (Å²) in [4.78, 5) is 7.25. The van der Waals surface area contributed by atoms with Crippen molar-refractivity contribution in [2.75, 3.05) is 13.1 Å². The molecule has 3 rings (SSSR count). The first kappa shape index (κ1) is 14.6. The van der Waals surface area contributed by atoms with Crippen molar-refractivity contribution in [3.05, 3.63) is 27.6 Å². The molecule has 2 heterocycles. The van der Waals surface area contributed by atoms with E-state index >= 15 is 0 Å². The van der Waals surface area contributed by atoms with E-state index in [1.54, 1.807) is 0 Å². The van der Waals surface area contributed by atoms with Crippen LogP contribution < -0.4 is 0 Å². The van der Waals surface area contributed by atoms with Gasteiger partial charge in [-0.3, -0.25) is 4.90 Å². The lowest BCUT2D eigenvalue weighted by Gasteiger charge is -2.25. The summed E-state index contributed by atoms with van der Waals surface area (Å²) in [6.45, 7) is 5.73. The van der Waals surface area contributed by atoms with E-state index < -0.39 is 0 Å². The molecule has 0 amide bonds. The van der Waals surface area contributed by atoms with E-state index in [-0.39, 0.29) is 0 Å². The molecule has 0 saturated carbocycles. The number of rotatable bonds is 4. The van der Waals surface area contributed by atoms with Crippen molar-refractivity contribution in [3.8, 4) is 0 Å². The first-order valence-corrected chi connectivity index (χ1v) is 8.75. The Morgan fingerprint density at radius 2 is 2.10 bits per heavy atom. The molecular formula is C15H19ClIN3. The summed E-state index contributed by atoms with van der Waals surface area (Å²) in [5.74, 6) is 1.45. The van der Waals surface area contributed by atoms with Gasteiger partial charge in [-0.15, -0.1) is 11.6 Å². The molecule has 0 radical (unpaired) electrons. The fourth-order valence-corrected chi connectivity index (χ4v) is 3.70. The zero-order valence-corrected chi connectivity index (χ0v) is 14.6. The van der Waals surface area contributed by atoms with Crippen molar-refractivity contribution < 1.29 is 0 Å². The zero-order chi connectivity index (χ0) is 14.1. The maximum Gasteiger partial charge on any atom is 0.124 e. The van der Waals surface area contributed by atoms with Gasteiger partial charge in [0.2, 0.25) is 0 Å². The maximum atomic E-state index is 6.09. The average molecular weight is 404 g/mol. The van der Waals surface area contributed by atoms with Crippen LogP contribution in [0.3, 0.4) is 0 Å². The van der Waals surface area contributed by atoms with Crippen LogP contribution in [0, 0.1) is 3.57 Å². The van der Waals surface area contributed by atoms with Crippen LogP contribution in [0.15, 0.2) is 18.2 Å². The first-order chi connectivity index (χ1) is 9.69. The molecule has 0 aliphatic carbocycles. The molecule has 1 atom stereocenters. The lowest BCUT2D eigenvalue weighted by Crippen LogP contribution is -2.34. The van der Waals surface area contributed by atoms with Crippen LogP contribution >= 0.6 is 34.2 Å². The van der Waals surface area contributed by atoms with Gasteiger partial charge in [-0.05, 0) is 73.6 Å². The van der Waals surface area contributed by atoms with Gasteiger partial charge in [-0.2, -0.15) is 0 Å². The maximum absolute atomic E-state index is 6.09. The molecule has 5 heteroatoms. The molecule has 108 valence electrons. The Morgan fingerprint density at radius 3 is 2.80 bits per heavy atom. The van der Waals surface area contributed by atoms with Gasteiger partial charge >= 0.3 is 0 Å². The SMILES string of the molecule is CC(Cn1c(CCl)nc2cc(I)ccc21)N1CCCC1. The fourth-order valence-electron chi connectivity index (χ4n) is 3.02. The number of fused-ring (bicyclic) bond motifs is 1. The Bertz CT molecular complexity index is 604. The van der Waals surface area contributed by atoms with Crippen molar-refractivity contribution in [1.29, 1.82) is 0 Å². The largest absolute Gasteiger partial charge is 0.325 e. The van der Waals surface area contributed by atoms with Gasteiger partial charge in [0.25, 0.3) is 0 Å². The van der Waals surface area contributed by atoms with Gasteiger partial charge < -0.3 is 4.57 Å². The Balaban J connectivity index is 1.92. The van der Waals surface area contributed by atoms with E-state index in [4.69, 9.17) is 11.6 Å². The van der Waals surface area contributed by atoms with Gasteiger partial charge in [0, 0.05) is 16.2 Å². The topological polar surface area (TPSA) is 21.1 Å². The minimum Gasteiger partial charge on any atom is -0.325 e. The number of benzene rings is 1. The molecule has 0 bridgehead atoms. The molecule has 1 aliphatic heterocycles. The first-order valence-electron chi connectivity index (χ1n) is 7.13. The highest BCUT2D eigenvalue weighted by Crippen LogP contribution is 2.22. The van der Waals surface area contributed by atoms with Crippen molar-refractivity contribution in [3.63, 3.8) is 0 Å². The summed E-state index contributed by atoms with van der Waals surface area (Å²) in [6.07, 6.45) is 2.66. The predicted octanol–water partition coefficient (Wildman–Crippen LogP) is 3.86. The fraction of sp³-hybridized carbons (Fsp3) is 0.533. The summed E-state index contributed by atoms with van der Waals surface area (Å²) in [7, 11) is 0. The highest BCUT2D eigenvalue weighted by Gasteiger charge is 2.20. The van der Waals surface area contributed by atoms with E-state index in [9.17, 15) is 0 Å². The normalized spacial score (nSPS) is 17.9. The van der Waals surface area contributed by atoms with Gasteiger partial charge in [-0.25, -0.2) is 4.98 Å². The Labute approximate surface area is 138 Å². The number of nitrogens with zero attached hydrogens (tertiary/aromatic N) is 3. The minimum atomic E-state index is 0.470. The predicted molar refractivity (Wildman–Crippen MR) is 92.3 cm³/mol. The second kappa shape index (κ2) is 6.20. The van der Waals surface area contributed by atoms with E-state index in [0.717, 1.165) is 17.9 Å². The third-order valence-corrected chi connectivity index (χ3v) is 5.03. The van der Waals surface area contributed by atoms with Crippen molar-refractivity contribution in [2.45, 2.75) is 38.2 Å². The van der Waals surface area contributed by atoms with Crippen LogP contribution in [0.1, 0.15) is 25.6 Å². The summed E-state index contributed by atoms with van der Waals surface area (Å²) in [5, 5.41) is 0. The van der Waals surface area contributed by atoms with Crippen molar-refractivity contribution in [2.24, 2.45) is 0 Å². The molecule has 1 aromatic heterocycles. The number of hydrogen-bond donors (Lipinski definition) is 0. The molecule has 1 aromatic carbocycles. The van der Waals surface area contributed by atoms with Crippen molar-refractivity contribution >= 4 is 45.2 Å². The Hall–Kier alpha value is -0.330. The molecule has 2 aromatic rings. The Morgan fingerprint density at radius 1 is 1.35 bits per heavy atom. The summed E-state index contributed by atoms with van der Waals surface area (Å²) < 4.78 is 3.51. The number of halogens is 2. The zero-order valence-electron chi connectivity index (χ0n) is 11.6. The highest BCUT2D eigenvalue weighted by molar-refractivity contribution is 14.1. The molecule has 0 N–H and O–H groups in total. The number of hydrogen-bond acceptors (Lipinski definition) is 2. The third kappa shape index (κ3) is 2.83. The van der Waals surface area contributed by atoms with Gasteiger partial charge in [0.15, 0.2) is 0 Å². The summed E-state index contributed by atoms with van der Waals surface area (Å²) in [5.41, 5.74) is 2.26. The highest BCUT2D eigenvalue weighted by atomic mass is 127. The average Bonchev–Trinajstić information content (AvgIpc) is 3.06. The molecular weight excluding hydrogens is 385 g/mol. The van der Waals surface area contributed by atoms with Gasteiger partial charge in [-0.1, -0.05) is 0 Å². The monoisotopic (exact) mass is 403 g/mol. The van der Waals surface area contributed by atoms with Crippen LogP contribution in [0.4, 0.5) is 0 Å². The number of imidazole rings is 1. The van der Waals surface area contributed by atoms with Crippen LogP contribution in [-0.2, 0) is 12.4 Å². The van der Waals surface area contributed by atoms with Crippen LogP contribution in [0.2, 0.25) is 0 Å². The lowest BCUT2D eigenvalue weighted by atomic mass is 10.2. The van der Waals surface area contributed by atoms with Crippen molar-refractivity contribution in [1.82, 2.24) is 14.5 Å². The van der Waals surface area contributed by atoms with E-state index in [1.807, 2.05) is 0 Å². The smallest absolute Gasteiger partial charge is 0.124 e. The number of alkyl halides is 1. The minimum absolute atomic E-state index is 0.470. The number of likely N-dealkylation sites (tertiary alicyclic amines) is 1. The summed E-state index contributed by atoms with van der Waals surface area (Å²) >= 11 is 8.41. The van der Waals surface area contributed by atoms with Gasteiger partial charge in [0.05, 0.1) is 16.9 Å². The quantitative estimate of drug-likeness (QED) is 0.571. The van der Waals surface area contributed by atoms with Gasteiger partial charge in [0.1, 0.15) is 5.82 Å². The van der Waals surface area contributed by atoms with E-state index in [0.29, 0.717) is 11.9 Å². The van der Waals surface area contributed by atoms with Crippen LogP contribution in [0.25, 0.3) is 11.0 Å². The molecule has 3 nitrogen and oxygen atoms in total. The second-order valence-corrected chi connectivity index (χ2v) is 7.01. The van der Waals surface area contributed by atoms with Crippen LogP contribution in [0.5, 0.6) is 0 Å². The third-order valence-electron chi connectivity index (χ3n) is 4.12. The van der Waals surface area contributed by atoms with E-state index in [2.05, 4.69) is 62.2 Å². The Kier molecular flexibility index (Phi) is 4.52. The standard InChI is InChI=1S/C15H19ClIN3/c1-11(19-6-2-3-7-19)10-20-14-5-4-12(17)8-13(14)18-15(20)9-16/h4-5,8,11H,2-3,6-7,9-10H2,1H3.